The summed E-state index contributed by atoms with van der Waals surface area (Å²) < 4.78 is 35.4. The fourth-order valence-corrected chi connectivity index (χ4v) is 4.97. The molecule has 0 aromatic heterocycles. The summed E-state index contributed by atoms with van der Waals surface area (Å²) in [7, 11) is -3.01. The Hall–Kier alpha value is -1.85. The van der Waals surface area contributed by atoms with E-state index in [4.69, 9.17) is 9.47 Å². The van der Waals surface area contributed by atoms with Crippen LogP contribution in [-0.2, 0) is 14.6 Å². The highest BCUT2D eigenvalue weighted by Gasteiger charge is 2.21. The molecular formula is C21H26O4S. The first-order chi connectivity index (χ1) is 12.6. The summed E-state index contributed by atoms with van der Waals surface area (Å²) in [5.74, 6) is 1.49. The van der Waals surface area contributed by atoms with Crippen molar-refractivity contribution in [3.05, 3.63) is 54.6 Å². The van der Waals surface area contributed by atoms with Gasteiger partial charge in [0, 0.05) is 13.2 Å². The standard InChI is InChI=1S/C21H26O4S/c22-26(23,17-18-11-14-24-15-12-18)16-4-13-25-21-9-7-20(8-10-21)19-5-2-1-3-6-19/h1-3,5-10,18H,4,11-17H2. The molecule has 1 aliphatic rings. The Morgan fingerprint density at radius 3 is 2.27 bits per heavy atom. The van der Waals surface area contributed by atoms with Crippen molar-refractivity contribution in [3.63, 3.8) is 0 Å². The van der Waals surface area contributed by atoms with Gasteiger partial charge in [-0.3, -0.25) is 0 Å². The van der Waals surface area contributed by atoms with Gasteiger partial charge in [-0.2, -0.15) is 0 Å². The van der Waals surface area contributed by atoms with Crippen LogP contribution in [0.15, 0.2) is 54.6 Å². The van der Waals surface area contributed by atoms with Crippen molar-refractivity contribution in [1.29, 1.82) is 0 Å². The number of ether oxygens (including phenoxy) is 2. The van der Waals surface area contributed by atoms with Crippen LogP contribution in [0, 0.1) is 5.92 Å². The van der Waals surface area contributed by atoms with Crippen LogP contribution < -0.4 is 4.74 Å². The van der Waals surface area contributed by atoms with Crippen molar-refractivity contribution in [2.24, 2.45) is 5.92 Å². The summed E-state index contributed by atoms with van der Waals surface area (Å²) in [5.41, 5.74) is 2.30. The second kappa shape index (κ2) is 9.19. The van der Waals surface area contributed by atoms with E-state index in [0.29, 0.717) is 26.2 Å². The lowest BCUT2D eigenvalue weighted by Crippen LogP contribution is -2.25. The number of benzene rings is 2. The highest BCUT2D eigenvalue weighted by Crippen LogP contribution is 2.22. The molecular weight excluding hydrogens is 348 g/mol. The molecule has 1 heterocycles. The maximum absolute atomic E-state index is 12.2. The molecule has 0 bridgehead atoms. The number of rotatable bonds is 8. The molecule has 0 amide bonds. The Bertz CT molecular complexity index is 763. The van der Waals surface area contributed by atoms with Crippen molar-refractivity contribution in [2.45, 2.75) is 19.3 Å². The Balaban J connectivity index is 1.41. The minimum atomic E-state index is -3.01. The van der Waals surface area contributed by atoms with E-state index < -0.39 is 9.84 Å². The first kappa shape index (κ1) is 18.9. The molecule has 2 aromatic rings. The van der Waals surface area contributed by atoms with Crippen LogP contribution in [-0.4, -0.2) is 39.7 Å². The van der Waals surface area contributed by atoms with Crippen LogP contribution in [0.1, 0.15) is 19.3 Å². The van der Waals surface area contributed by atoms with Gasteiger partial charge >= 0.3 is 0 Å². The van der Waals surface area contributed by atoms with Crippen molar-refractivity contribution in [2.75, 3.05) is 31.3 Å². The molecule has 0 spiro atoms. The van der Waals surface area contributed by atoms with E-state index in [2.05, 4.69) is 12.1 Å². The SMILES string of the molecule is O=S(=O)(CCCOc1ccc(-c2ccccc2)cc1)CC1CCOCC1. The average Bonchev–Trinajstić information content (AvgIpc) is 2.67. The van der Waals surface area contributed by atoms with Crippen LogP contribution >= 0.6 is 0 Å². The van der Waals surface area contributed by atoms with Gasteiger partial charge < -0.3 is 9.47 Å². The molecule has 0 unspecified atom stereocenters. The summed E-state index contributed by atoms with van der Waals surface area (Å²) in [6.07, 6.45) is 2.22. The quantitative estimate of drug-likeness (QED) is 0.656. The fraction of sp³-hybridized carbons (Fsp3) is 0.429. The zero-order valence-corrected chi connectivity index (χ0v) is 15.8. The lowest BCUT2D eigenvalue weighted by atomic mass is 10.0. The summed E-state index contributed by atoms with van der Waals surface area (Å²) in [6.45, 7) is 1.78. The predicted octanol–water partition coefficient (Wildman–Crippen LogP) is 3.96. The summed E-state index contributed by atoms with van der Waals surface area (Å²) in [5, 5.41) is 0. The molecule has 0 radical (unpaired) electrons. The summed E-state index contributed by atoms with van der Waals surface area (Å²) >= 11 is 0. The minimum Gasteiger partial charge on any atom is -0.494 e. The molecule has 0 aliphatic carbocycles. The van der Waals surface area contributed by atoms with Crippen molar-refractivity contribution in [3.8, 4) is 16.9 Å². The smallest absolute Gasteiger partial charge is 0.150 e. The van der Waals surface area contributed by atoms with Gasteiger partial charge in [0.05, 0.1) is 18.1 Å². The van der Waals surface area contributed by atoms with Gasteiger partial charge in [-0.25, -0.2) is 8.42 Å². The highest BCUT2D eigenvalue weighted by atomic mass is 32.2. The van der Waals surface area contributed by atoms with Crippen molar-refractivity contribution in [1.82, 2.24) is 0 Å². The van der Waals surface area contributed by atoms with Crippen LogP contribution in [0.5, 0.6) is 5.75 Å². The number of hydrogen-bond donors (Lipinski definition) is 0. The third-order valence-electron chi connectivity index (χ3n) is 4.66. The number of sulfone groups is 1. The van der Waals surface area contributed by atoms with Crippen LogP contribution in [0.25, 0.3) is 11.1 Å². The summed E-state index contributed by atoms with van der Waals surface area (Å²) in [6, 6.07) is 18.1. The topological polar surface area (TPSA) is 52.6 Å². The second-order valence-electron chi connectivity index (χ2n) is 6.76. The van der Waals surface area contributed by atoms with Gasteiger partial charge in [0.25, 0.3) is 0 Å². The molecule has 1 aliphatic heterocycles. The van der Waals surface area contributed by atoms with Crippen molar-refractivity contribution < 1.29 is 17.9 Å². The maximum atomic E-state index is 12.2. The van der Waals surface area contributed by atoms with Gasteiger partial charge in [-0.1, -0.05) is 42.5 Å². The molecule has 26 heavy (non-hydrogen) atoms. The van der Waals surface area contributed by atoms with E-state index in [1.165, 1.54) is 5.56 Å². The Morgan fingerprint density at radius 1 is 0.923 bits per heavy atom. The summed E-state index contributed by atoms with van der Waals surface area (Å²) in [4.78, 5) is 0. The van der Waals surface area contributed by atoms with Crippen LogP contribution in [0.4, 0.5) is 0 Å². The van der Waals surface area contributed by atoms with E-state index in [-0.39, 0.29) is 17.4 Å². The molecule has 0 atom stereocenters. The third-order valence-corrected chi connectivity index (χ3v) is 6.55. The zero-order chi connectivity index (χ0) is 18.2. The van der Waals surface area contributed by atoms with Gasteiger partial charge in [-0.15, -0.1) is 0 Å². The lowest BCUT2D eigenvalue weighted by Gasteiger charge is -2.21. The second-order valence-corrected chi connectivity index (χ2v) is 8.99. The van der Waals surface area contributed by atoms with Gasteiger partial charge in [0.1, 0.15) is 5.75 Å². The third kappa shape index (κ3) is 5.85. The molecule has 2 aromatic carbocycles. The molecule has 3 rings (SSSR count). The lowest BCUT2D eigenvalue weighted by molar-refractivity contribution is 0.0723. The molecule has 4 nitrogen and oxygen atoms in total. The van der Waals surface area contributed by atoms with Gasteiger partial charge in [0.15, 0.2) is 9.84 Å². The highest BCUT2D eigenvalue weighted by molar-refractivity contribution is 7.91. The minimum absolute atomic E-state index is 0.187. The first-order valence-electron chi connectivity index (χ1n) is 9.19. The number of hydrogen-bond acceptors (Lipinski definition) is 4. The van der Waals surface area contributed by atoms with Gasteiger partial charge in [0.2, 0.25) is 0 Å². The molecule has 0 N–H and O–H groups in total. The fourth-order valence-electron chi connectivity index (χ4n) is 3.20. The molecule has 140 valence electrons. The van der Waals surface area contributed by atoms with Crippen molar-refractivity contribution >= 4 is 9.84 Å². The molecule has 0 saturated carbocycles. The van der Waals surface area contributed by atoms with E-state index >= 15 is 0 Å². The Labute approximate surface area is 156 Å². The van der Waals surface area contributed by atoms with E-state index in [9.17, 15) is 8.42 Å². The Kier molecular flexibility index (Phi) is 6.69. The largest absolute Gasteiger partial charge is 0.494 e. The van der Waals surface area contributed by atoms with Gasteiger partial charge in [-0.05, 0) is 48.4 Å². The monoisotopic (exact) mass is 374 g/mol. The van der Waals surface area contributed by atoms with E-state index in [1.807, 2.05) is 42.5 Å². The predicted molar refractivity (Wildman–Crippen MR) is 104 cm³/mol. The molecule has 1 saturated heterocycles. The molecule has 1 fully saturated rings. The Morgan fingerprint density at radius 2 is 1.58 bits per heavy atom. The molecule has 5 heteroatoms. The van der Waals surface area contributed by atoms with E-state index in [1.54, 1.807) is 0 Å². The maximum Gasteiger partial charge on any atom is 0.150 e. The normalized spacial score (nSPS) is 15.7. The average molecular weight is 375 g/mol. The van der Waals surface area contributed by atoms with Crippen LogP contribution in [0.2, 0.25) is 0 Å². The zero-order valence-electron chi connectivity index (χ0n) is 15.0. The first-order valence-corrected chi connectivity index (χ1v) is 11.0. The van der Waals surface area contributed by atoms with Crippen LogP contribution in [0.3, 0.4) is 0 Å². The van der Waals surface area contributed by atoms with E-state index in [0.717, 1.165) is 24.2 Å².